The monoisotopic (exact) mass is 437 g/mol. The van der Waals surface area contributed by atoms with Gasteiger partial charge in [-0.3, -0.25) is 0 Å². The van der Waals surface area contributed by atoms with Crippen molar-refractivity contribution in [3.05, 3.63) is 35.8 Å². The summed E-state index contributed by atoms with van der Waals surface area (Å²) in [6.45, 7) is 1.35. The smallest absolute Gasteiger partial charge is 0.501 e. The van der Waals surface area contributed by atoms with E-state index in [1.54, 1.807) is 0 Å². The van der Waals surface area contributed by atoms with Crippen molar-refractivity contribution in [2.24, 2.45) is 0 Å². The van der Waals surface area contributed by atoms with E-state index in [0.29, 0.717) is 12.3 Å². The molecule has 0 aliphatic carbocycles. The van der Waals surface area contributed by atoms with Gasteiger partial charge in [-0.2, -0.15) is 17.9 Å². The normalized spacial score (nSPS) is 13.1. The molecule has 0 bridgehead atoms. The summed E-state index contributed by atoms with van der Waals surface area (Å²) in [6, 6.07) is 2.91. The highest BCUT2D eigenvalue weighted by Crippen LogP contribution is 2.32. The minimum atomic E-state index is -5.67. The highest BCUT2D eigenvalue weighted by Gasteiger charge is 2.47. The minimum absolute atomic E-state index is 0.167. The summed E-state index contributed by atoms with van der Waals surface area (Å²) in [6.07, 6.45) is 1.41. The van der Waals surface area contributed by atoms with Crippen molar-refractivity contribution in [2.45, 2.75) is 22.2 Å². The first-order valence-corrected chi connectivity index (χ1v) is 10.6. The molecule has 150 valence electrons. The summed E-state index contributed by atoms with van der Waals surface area (Å²) >= 11 is 0. The van der Waals surface area contributed by atoms with Crippen LogP contribution >= 0.6 is 0 Å². The highest BCUT2D eigenvalue weighted by atomic mass is 32.2. The van der Waals surface area contributed by atoms with Crippen molar-refractivity contribution in [1.29, 1.82) is 0 Å². The number of nitrogens with zero attached hydrogens (tertiary/aromatic N) is 3. The summed E-state index contributed by atoms with van der Waals surface area (Å²) < 4.78 is 90.9. The predicted molar refractivity (Wildman–Crippen MR) is 87.2 cm³/mol. The van der Waals surface area contributed by atoms with Gasteiger partial charge in [0.1, 0.15) is 10.4 Å². The van der Waals surface area contributed by atoms with E-state index in [4.69, 9.17) is 4.42 Å². The van der Waals surface area contributed by atoms with E-state index in [0.717, 1.165) is 12.3 Å². The molecule has 3 aromatic rings. The number of rotatable bonds is 4. The van der Waals surface area contributed by atoms with Crippen LogP contribution in [-0.2, 0) is 19.7 Å². The lowest BCUT2D eigenvalue weighted by molar-refractivity contribution is -0.596. The lowest BCUT2D eigenvalue weighted by atomic mass is 10.3. The maximum absolute atomic E-state index is 12.7. The number of pyridine rings is 2. The molecular weight excluding hydrogens is 427 g/mol. The van der Waals surface area contributed by atoms with Gasteiger partial charge in [-0.25, -0.2) is 26.8 Å². The second kappa shape index (κ2) is 6.41. The zero-order chi connectivity index (χ0) is 20.9. The zero-order valence-corrected chi connectivity index (χ0v) is 15.5. The summed E-state index contributed by atoms with van der Waals surface area (Å²) in [5.41, 5.74) is -6.82. The van der Waals surface area contributed by atoms with Gasteiger partial charge >= 0.3 is 5.51 Å². The molecule has 0 atom stereocenters. The molecule has 9 nitrogen and oxygen atoms in total. The van der Waals surface area contributed by atoms with E-state index in [-0.39, 0.29) is 16.2 Å². The molecule has 0 spiro atoms. The summed E-state index contributed by atoms with van der Waals surface area (Å²) in [5.74, 6) is -0.872. The Balaban J connectivity index is 2.24. The molecule has 0 aliphatic rings. The third-order valence-corrected chi connectivity index (χ3v) is 6.89. The van der Waals surface area contributed by atoms with Crippen LogP contribution in [0, 0.1) is 5.21 Å². The molecule has 0 N–H and O–H groups in total. The largest absolute Gasteiger partial charge is 0.618 e. The molecule has 3 rings (SSSR count). The molecule has 28 heavy (non-hydrogen) atoms. The number of sulfone groups is 2. The standard InChI is InChI=1S/C14H10F3N3O6S2/c1-2-27(22,23)10-4-3-5-20(21)11(10)13-19-9-6-8(7-18-12(9)26-13)28(24,25)14(15,16)17/h3-7H,2H2,1H3. The second-order valence-electron chi connectivity index (χ2n) is 5.41. The van der Waals surface area contributed by atoms with Crippen LogP contribution in [0.25, 0.3) is 22.8 Å². The summed E-state index contributed by atoms with van der Waals surface area (Å²) in [7, 11) is -9.55. The molecular formula is C14H10F3N3O6S2. The van der Waals surface area contributed by atoms with Gasteiger partial charge in [0.2, 0.25) is 5.71 Å². The Labute approximate surface area is 155 Å². The second-order valence-corrected chi connectivity index (χ2v) is 9.60. The minimum Gasteiger partial charge on any atom is -0.618 e. The van der Waals surface area contributed by atoms with Crippen molar-refractivity contribution in [2.75, 3.05) is 5.75 Å². The van der Waals surface area contributed by atoms with Crippen LogP contribution in [0.5, 0.6) is 0 Å². The van der Waals surface area contributed by atoms with Gasteiger partial charge in [0.15, 0.2) is 16.0 Å². The number of hydrogen-bond acceptors (Lipinski definition) is 8. The molecule has 0 unspecified atom stereocenters. The Morgan fingerprint density at radius 2 is 1.93 bits per heavy atom. The quantitative estimate of drug-likeness (QED) is 0.444. The maximum Gasteiger partial charge on any atom is 0.501 e. The Morgan fingerprint density at radius 3 is 2.54 bits per heavy atom. The number of alkyl halides is 3. The third kappa shape index (κ3) is 3.17. The Kier molecular flexibility index (Phi) is 4.58. The lowest BCUT2D eigenvalue weighted by Gasteiger charge is -2.06. The topological polar surface area (TPSA) is 134 Å². The van der Waals surface area contributed by atoms with E-state index in [1.165, 1.54) is 13.0 Å². The number of oxazole rings is 1. The van der Waals surface area contributed by atoms with Crippen LogP contribution in [0.2, 0.25) is 0 Å². The molecule has 0 saturated carbocycles. The fraction of sp³-hybridized carbons (Fsp3) is 0.214. The molecule has 0 fully saturated rings. The molecule has 3 aromatic heterocycles. The van der Waals surface area contributed by atoms with E-state index >= 15 is 0 Å². The SMILES string of the molecule is CCS(=O)(=O)c1ccc[n+]([O-])c1-c1nc2cc(S(=O)(=O)C(F)(F)F)cnc2o1. The summed E-state index contributed by atoms with van der Waals surface area (Å²) in [4.78, 5) is 5.67. The third-order valence-electron chi connectivity index (χ3n) is 3.68. The number of aromatic nitrogens is 3. The van der Waals surface area contributed by atoms with Crippen LogP contribution < -0.4 is 4.73 Å². The predicted octanol–water partition coefficient (Wildman–Crippen LogP) is 1.61. The van der Waals surface area contributed by atoms with E-state index in [9.17, 15) is 35.2 Å². The first-order valence-electron chi connectivity index (χ1n) is 7.41. The maximum atomic E-state index is 12.7. The molecule has 0 saturated heterocycles. The van der Waals surface area contributed by atoms with Crippen molar-refractivity contribution in [1.82, 2.24) is 9.97 Å². The van der Waals surface area contributed by atoms with Gasteiger partial charge in [-0.1, -0.05) is 6.92 Å². The van der Waals surface area contributed by atoms with Crippen molar-refractivity contribution in [3.8, 4) is 11.6 Å². The van der Waals surface area contributed by atoms with Crippen molar-refractivity contribution in [3.63, 3.8) is 0 Å². The molecule has 0 amide bonds. The fourth-order valence-electron chi connectivity index (χ4n) is 2.26. The van der Waals surface area contributed by atoms with E-state index < -0.39 is 52.1 Å². The van der Waals surface area contributed by atoms with Gasteiger partial charge in [0, 0.05) is 6.07 Å². The Morgan fingerprint density at radius 1 is 1.25 bits per heavy atom. The molecule has 3 heterocycles. The van der Waals surface area contributed by atoms with Crippen LogP contribution in [0.4, 0.5) is 13.2 Å². The molecule has 0 aromatic carbocycles. The Bertz CT molecular complexity index is 1280. The number of hydrogen-bond donors (Lipinski definition) is 0. The first kappa shape index (κ1) is 20.0. The number of halogens is 3. The van der Waals surface area contributed by atoms with Gasteiger partial charge < -0.3 is 9.62 Å². The zero-order valence-electron chi connectivity index (χ0n) is 13.8. The first-order chi connectivity index (χ1) is 12.9. The lowest BCUT2D eigenvalue weighted by Crippen LogP contribution is -2.31. The fourth-order valence-corrected chi connectivity index (χ4v) is 4.06. The highest BCUT2D eigenvalue weighted by molar-refractivity contribution is 7.92. The Hall–Kier alpha value is -2.74. The van der Waals surface area contributed by atoms with Gasteiger partial charge in [-0.05, 0) is 12.1 Å². The van der Waals surface area contributed by atoms with E-state index in [1.807, 2.05) is 0 Å². The van der Waals surface area contributed by atoms with Crippen LogP contribution in [0.3, 0.4) is 0 Å². The van der Waals surface area contributed by atoms with Gasteiger partial charge in [0.25, 0.3) is 21.4 Å². The van der Waals surface area contributed by atoms with Gasteiger partial charge in [0.05, 0.1) is 16.8 Å². The molecule has 14 heteroatoms. The van der Waals surface area contributed by atoms with Crippen LogP contribution in [-0.4, -0.2) is 38.1 Å². The van der Waals surface area contributed by atoms with Gasteiger partial charge in [-0.15, -0.1) is 0 Å². The van der Waals surface area contributed by atoms with Crippen LogP contribution in [0.15, 0.2) is 44.8 Å². The number of fused-ring (bicyclic) bond motifs is 1. The van der Waals surface area contributed by atoms with Crippen molar-refractivity contribution < 1.29 is 39.2 Å². The molecule has 0 radical (unpaired) electrons. The van der Waals surface area contributed by atoms with Crippen LogP contribution in [0.1, 0.15) is 6.92 Å². The van der Waals surface area contributed by atoms with E-state index in [2.05, 4.69) is 9.97 Å². The molecule has 0 aliphatic heterocycles. The average Bonchev–Trinajstić information content (AvgIpc) is 3.03. The average molecular weight is 437 g/mol. The summed E-state index contributed by atoms with van der Waals surface area (Å²) in [5, 5.41) is 12.1. The van der Waals surface area contributed by atoms with Crippen molar-refractivity contribution >= 4 is 30.9 Å².